The molecule has 0 saturated heterocycles. The molecule has 0 bridgehead atoms. The maximum atomic E-state index is 10.5. The van der Waals surface area contributed by atoms with Crippen molar-refractivity contribution >= 4 is 0 Å². The summed E-state index contributed by atoms with van der Waals surface area (Å²) in [5.41, 5.74) is 1.61. The standard InChI is InChI=1S/C15H20N2O2/c1-4-19-13-7-5-6-12(8-13)15(18)14-9-16-10-17(14)11(2)3/h5-11,15,18H,4H2,1-3H3. The Kier molecular flexibility index (Phi) is 4.22. The summed E-state index contributed by atoms with van der Waals surface area (Å²) in [6, 6.07) is 7.80. The molecule has 0 amide bonds. The van der Waals surface area contributed by atoms with Gasteiger partial charge in [0.15, 0.2) is 0 Å². The van der Waals surface area contributed by atoms with Crippen LogP contribution in [0.4, 0.5) is 0 Å². The van der Waals surface area contributed by atoms with Crippen molar-refractivity contribution < 1.29 is 9.84 Å². The van der Waals surface area contributed by atoms with Crippen molar-refractivity contribution in [2.75, 3.05) is 6.61 Å². The van der Waals surface area contributed by atoms with Crippen LogP contribution in [-0.2, 0) is 0 Å². The molecule has 1 aromatic heterocycles. The molecule has 1 unspecified atom stereocenters. The van der Waals surface area contributed by atoms with E-state index in [2.05, 4.69) is 18.8 Å². The van der Waals surface area contributed by atoms with Gasteiger partial charge in [0.25, 0.3) is 0 Å². The highest BCUT2D eigenvalue weighted by Gasteiger charge is 2.17. The minimum Gasteiger partial charge on any atom is -0.494 e. The summed E-state index contributed by atoms with van der Waals surface area (Å²) in [6.45, 7) is 6.68. The van der Waals surface area contributed by atoms with Crippen LogP contribution in [0.3, 0.4) is 0 Å². The van der Waals surface area contributed by atoms with Crippen molar-refractivity contribution in [1.29, 1.82) is 0 Å². The first-order chi connectivity index (χ1) is 9.13. The van der Waals surface area contributed by atoms with E-state index in [9.17, 15) is 5.11 Å². The quantitative estimate of drug-likeness (QED) is 0.899. The van der Waals surface area contributed by atoms with E-state index in [0.29, 0.717) is 6.61 Å². The molecule has 0 aliphatic rings. The highest BCUT2D eigenvalue weighted by molar-refractivity contribution is 5.33. The lowest BCUT2D eigenvalue weighted by atomic mass is 10.1. The van der Waals surface area contributed by atoms with Crippen molar-refractivity contribution in [3.8, 4) is 5.75 Å². The Morgan fingerprint density at radius 1 is 1.37 bits per heavy atom. The minimum atomic E-state index is -0.690. The monoisotopic (exact) mass is 260 g/mol. The number of aromatic nitrogens is 2. The fraction of sp³-hybridized carbons (Fsp3) is 0.400. The summed E-state index contributed by atoms with van der Waals surface area (Å²) in [5.74, 6) is 0.773. The molecule has 0 aliphatic heterocycles. The van der Waals surface area contributed by atoms with Gasteiger partial charge in [-0.05, 0) is 38.5 Å². The van der Waals surface area contributed by atoms with Gasteiger partial charge in [-0.15, -0.1) is 0 Å². The van der Waals surface area contributed by atoms with Gasteiger partial charge in [-0.1, -0.05) is 12.1 Å². The van der Waals surface area contributed by atoms with Gasteiger partial charge in [-0.2, -0.15) is 0 Å². The maximum Gasteiger partial charge on any atom is 0.121 e. The third kappa shape index (κ3) is 2.96. The van der Waals surface area contributed by atoms with Gasteiger partial charge < -0.3 is 14.4 Å². The van der Waals surface area contributed by atoms with Gasteiger partial charge in [0.05, 0.1) is 24.8 Å². The number of benzene rings is 1. The number of hydrogen-bond donors (Lipinski definition) is 1. The fourth-order valence-electron chi connectivity index (χ4n) is 2.07. The number of rotatable bonds is 5. The molecule has 0 aliphatic carbocycles. The predicted molar refractivity (Wildman–Crippen MR) is 74.3 cm³/mol. The van der Waals surface area contributed by atoms with Crippen molar-refractivity contribution in [3.63, 3.8) is 0 Å². The van der Waals surface area contributed by atoms with E-state index < -0.39 is 6.10 Å². The highest BCUT2D eigenvalue weighted by Crippen LogP contribution is 2.26. The van der Waals surface area contributed by atoms with Crippen LogP contribution in [0.25, 0.3) is 0 Å². The zero-order chi connectivity index (χ0) is 13.8. The zero-order valence-electron chi connectivity index (χ0n) is 11.6. The molecule has 0 fully saturated rings. The number of nitrogens with zero attached hydrogens (tertiary/aromatic N) is 2. The summed E-state index contributed by atoms with van der Waals surface area (Å²) >= 11 is 0. The molecule has 1 heterocycles. The summed E-state index contributed by atoms with van der Waals surface area (Å²) in [7, 11) is 0. The molecule has 1 aromatic carbocycles. The second-order valence-corrected chi connectivity index (χ2v) is 4.73. The molecule has 4 nitrogen and oxygen atoms in total. The Balaban J connectivity index is 2.30. The minimum absolute atomic E-state index is 0.266. The van der Waals surface area contributed by atoms with Crippen LogP contribution in [0.15, 0.2) is 36.8 Å². The Bertz CT molecular complexity index is 534. The molecule has 2 aromatic rings. The molecular formula is C15H20N2O2. The van der Waals surface area contributed by atoms with Crippen LogP contribution in [0, 0.1) is 0 Å². The first-order valence-electron chi connectivity index (χ1n) is 6.56. The van der Waals surface area contributed by atoms with Gasteiger partial charge in [0, 0.05) is 6.04 Å². The number of hydrogen-bond acceptors (Lipinski definition) is 3. The highest BCUT2D eigenvalue weighted by atomic mass is 16.5. The average molecular weight is 260 g/mol. The van der Waals surface area contributed by atoms with Gasteiger partial charge in [0.1, 0.15) is 11.9 Å². The topological polar surface area (TPSA) is 47.3 Å². The third-order valence-corrected chi connectivity index (χ3v) is 3.02. The van der Waals surface area contributed by atoms with Crippen LogP contribution in [0.2, 0.25) is 0 Å². The van der Waals surface area contributed by atoms with E-state index in [4.69, 9.17) is 4.74 Å². The smallest absolute Gasteiger partial charge is 0.121 e. The van der Waals surface area contributed by atoms with E-state index in [0.717, 1.165) is 17.0 Å². The Hall–Kier alpha value is -1.81. The van der Waals surface area contributed by atoms with Crippen molar-refractivity contribution in [2.45, 2.75) is 32.9 Å². The van der Waals surface area contributed by atoms with E-state index in [1.165, 1.54) is 0 Å². The zero-order valence-corrected chi connectivity index (χ0v) is 11.6. The van der Waals surface area contributed by atoms with Crippen molar-refractivity contribution in [3.05, 3.63) is 48.0 Å². The van der Waals surface area contributed by atoms with Crippen LogP contribution >= 0.6 is 0 Å². The fourth-order valence-corrected chi connectivity index (χ4v) is 2.07. The summed E-state index contributed by atoms with van der Waals surface area (Å²) in [5, 5.41) is 10.5. The van der Waals surface area contributed by atoms with Gasteiger partial charge in [-0.3, -0.25) is 0 Å². The molecule has 19 heavy (non-hydrogen) atoms. The van der Waals surface area contributed by atoms with Crippen LogP contribution in [0.5, 0.6) is 5.75 Å². The number of imidazole rings is 1. The third-order valence-electron chi connectivity index (χ3n) is 3.02. The summed E-state index contributed by atoms with van der Waals surface area (Å²) < 4.78 is 7.43. The molecule has 0 spiro atoms. The first kappa shape index (κ1) is 13.6. The van der Waals surface area contributed by atoms with Crippen LogP contribution < -0.4 is 4.74 Å². The van der Waals surface area contributed by atoms with E-state index in [1.54, 1.807) is 12.5 Å². The normalized spacial score (nSPS) is 12.7. The van der Waals surface area contributed by atoms with Crippen LogP contribution in [-0.4, -0.2) is 21.3 Å². The molecule has 2 rings (SSSR count). The second kappa shape index (κ2) is 5.89. The lowest BCUT2D eigenvalue weighted by molar-refractivity contribution is 0.207. The lowest BCUT2D eigenvalue weighted by Crippen LogP contribution is -2.10. The Morgan fingerprint density at radius 2 is 2.16 bits per heavy atom. The van der Waals surface area contributed by atoms with Crippen LogP contribution in [0.1, 0.15) is 44.2 Å². The first-order valence-corrected chi connectivity index (χ1v) is 6.56. The number of aliphatic hydroxyl groups excluding tert-OH is 1. The Labute approximate surface area is 113 Å². The molecule has 1 atom stereocenters. The molecule has 4 heteroatoms. The molecule has 0 radical (unpaired) electrons. The predicted octanol–water partition coefficient (Wildman–Crippen LogP) is 2.94. The second-order valence-electron chi connectivity index (χ2n) is 4.73. The maximum absolute atomic E-state index is 10.5. The average Bonchev–Trinajstić information content (AvgIpc) is 2.88. The lowest BCUT2D eigenvalue weighted by Gasteiger charge is -2.17. The Morgan fingerprint density at radius 3 is 2.84 bits per heavy atom. The largest absolute Gasteiger partial charge is 0.494 e. The van der Waals surface area contributed by atoms with Gasteiger partial charge in [-0.25, -0.2) is 4.98 Å². The molecular weight excluding hydrogens is 240 g/mol. The van der Waals surface area contributed by atoms with E-state index in [1.807, 2.05) is 35.8 Å². The van der Waals surface area contributed by atoms with E-state index in [-0.39, 0.29) is 6.04 Å². The summed E-state index contributed by atoms with van der Waals surface area (Å²) in [4.78, 5) is 4.12. The van der Waals surface area contributed by atoms with Crippen molar-refractivity contribution in [1.82, 2.24) is 9.55 Å². The molecule has 1 N–H and O–H groups in total. The number of ether oxygens (including phenoxy) is 1. The van der Waals surface area contributed by atoms with Crippen molar-refractivity contribution in [2.24, 2.45) is 0 Å². The number of aliphatic hydroxyl groups is 1. The van der Waals surface area contributed by atoms with Gasteiger partial charge in [0.2, 0.25) is 0 Å². The van der Waals surface area contributed by atoms with Gasteiger partial charge >= 0.3 is 0 Å². The SMILES string of the molecule is CCOc1cccc(C(O)c2cncn2C(C)C)c1. The molecule has 0 saturated carbocycles. The summed E-state index contributed by atoms with van der Waals surface area (Å²) in [6.07, 6.45) is 2.76. The van der Waals surface area contributed by atoms with E-state index >= 15 is 0 Å². The molecule has 102 valence electrons.